The van der Waals surface area contributed by atoms with Gasteiger partial charge in [0.1, 0.15) is 5.00 Å². The Hall–Kier alpha value is -1.93. The summed E-state index contributed by atoms with van der Waals surface area (Å²) >= 11 is 2.80. The number of anilines is 1. The van der Waals surface area contributed by atoms with Gasteiger partial charge in [0, 0.05) is 29.4 Å². The van der Waals surface area contributed by atoms with Crippen LogP contribution in [0.3, 0.4) is 0 Å². The Kier molecular flexibility index (Phi) is 4.92. The molecule has 2 aromatic heterocycles. The topological polar surface area (TPSA) is 91.3 Å². The largest absolute Gasteiger partial charge is 0.478 e. The molecule has 0 aliphatic carbocycles. The summed E-state index contributed by atoms with van der Waals surface area (Å²) in [4.78, 5) is 28.0. The molecule has 0 saturated carbocycles. The molecule has 2 amide bonds. The first-order chi connectivity index (χ1) is 9.99. The van der Waals surface area contributed by atoms with E-state index in [1.54, 1.807) is 13.1 Å². The van der Waals surface area contributed by atoms with Gasteiger partial charge in [0.15, 0.2) is 0 Å². The molecule has 0 aliphatic rings. The van der Waals surface area contributed by atoms with Crippen molar-refractivity contribution in [2.45, 2.75) is 20.3 Å². The van der Waals surface area contributed by atoms with Crippen LogP contribution >= 0.6 is 22.7 Å². The maximum absolute atomic E-state index is 11.8. The van der Waals surface area contributed by atoms with Crippen molar-refractivity contribution in [2.24, 2.45) is 0 Å². The highest BCUT2D eigenvalue weighted by atomic mass is 32.1. The van der Waals surface area contributed by atoms with Crippen molar-refractivity contribution in [1.82, 2.24) is 10.3 Å². The standard InChI is InChI=1S/C13H15N3O3S2/c1-7-8(2)21-11(10(7)12(17)18)16-13(19)15-4-3-9-14-5-6-20-9/h5-6H,3-4H2,1-2H3,(H,17,18)(H2,15,16,19). The number of thiazole rings is 1. The lowest BCUT2D eigenvalue weighted by molar-refractivity contribution is 0.0697. The van der Waals surface area contributed by atoms with E-state index < -0.39 is 12.0 Å². The number of aryl methyl sites for hydroxylation is 1. The van der Waals surface area contributed by atoms with E-state index in [0.717, 1.165) is 9.88 Å². The normalized spacial score (nSPS) is 10.4. The maximum atomic E-state index is 11.8. The van der Waals surface area contributed by atoms with Crippen LogP contribution in [0, 0.1) is 13.8 Å². The van der Waals surface area contributed by atoms with E-state index in [1.165, 1.54) is 22.7 Å². The monoisotopic (exact) mass is 325 g/mol. The molecule has 0 atom stereocenters. The number of nitrogens with one attached hydrogen (secondary N) is 2. The third-order valence-electron chi connectivity index (χ3n) is 2.93. The highest BCUT2D eigenvalue weighted by Crippen LogP contribution is 2.32. The van der Waals surface area contributed by atoms with Gasteiger partial charge in [0.2, 0.25) is 0 Å². The zero-order valence-electron chi connectivity index (χ0n) is 11.6. The van der Waals surface area contributed by atoms with E-state index in [-0.39, 0.29) is 5.56 Å². The molecule has 0 unspecified atom stereocenters. The fourth-order valence-electron chi connectivity index (χ4n) is 1.78. The van der Waals surface area contributed by atoms with Crippen LogP contribution in [0.4, 0.5) is 9.80 Å². The molecule has 2 heterocycles. The van der Waals surface area contributed by atoms with Gasteiger partial charge >= 0.3 is 12.0 Å². The predicted octanol–water partition coefficient (Wildman–Crippen LogP) is 2.88. The quantitative estimate of drug-likeness (QED) is 0.788. The number of carboxylic acids is 1. The van der Waals surface area contributed by atoms with E-state index in [2.05, 4.69) is 15.6 Å². The summed E-state index contributed by atoms with van der Waals surface area (Å²) in [6.07, 6.45) is 2.37. The molecule has 21 heavy (non-hydrogen) atoms. The molecular formula is C13H15N3O3S2. The number of hydrogen-bond donors (Lipinski definition) is 3. The first kappa shape index (κ1) is 15.5. The Morgan fingerprint density at radius 3 is 2.76 bits per heavy atom. The lowest BCUT2D eigenvalue weighted by Crippen LogP contribution is -2.30. The van der Waals surface area contributed by atoms with Crippen LogP contribution in [-0.2, 0) is 6.42 Å². The molecule has 0 fully saturated rings. The highest BCUT2D eigenvalue weighted by Gasteiger charge is 2.20. The number of thiophene rings is 1. The van der Waals surface area contributed by atoms with Gasteiger partial charge in [-0.3, -0.25) is 5.32 Å². The predicted molar refractivity (Wildman–Crippen MR) is 83.6 cm³/mol. The Bertz CT molecular complexity index is 650. The zero-order chi connectivity index (χ0) is 15.4. The van der Waals surface area contributed by atoms with Gasteiger partial charge in [-0.05, 0) is 19.4 Å². The van der Waals surface area contributed by atoms with E-state index in [9.17, 15) is 14.7 Å². The van der Waals surface area contributed by atoms with Crippen LogP contribution in [-0.4, -0.2) is 28.6 Å². The van der Waals surface area contributed by atoms with E-state index in [1.807, 2.05) is 12.3 Å². The molecule has 2 aromatic rings. The number of carbonyl (C=O) groups excluding carboxylic acids is 1. The highest BCUT2D eigenvalue weighted by molar-refractivity contribution is 7.16. The lowest BCUT2D eigenvalue weighted by atomic mass is 10.1. The van der Waals surface area contributed by atoms with Crippen LogP contribution in [0.1, 0.15) is 25.8 Å². The molecule has 112 valence electrons. The molecular weight excluding hydrogens is 310 g/mol. The fraction of sp³-hybridized carbons (Fsp3) is 0.308. The second kappa shape index (κ2) is 6.68. The Morgan fingerprint density at radius 2 is 2.14 bits per heavy atom. The van der Waals surface area contributed by atoms with Gasteiger partial charge < -0.3 is 10.4 Å². The minimum atomic E-state index is -1.03. The molecule has 0 bridgehead atoms. The van der Waals surface area contributed by atoms with Gasteiger partial charge in [-0.2, -0.15) is 0 Å². The van der Waals surface area contributed by atoms with Crippen LogP contribution < -0.4 is 10.6 Å². The van der Waals surface area contributed by atoms with Crippen molar-refractivity contribution in [1.29, 1.82) is 0 Å². The molecule has 3 N–H and O–H groups in total. The van der Waals surface area contributed by atoms with Crippen LogP contribution in [0.5, 0.6) is 0 Å². The van der Waals surface area contributed by atoms with Gasteiger partial charge in [0.05, 0.1) is 10.6 Å². The average molecular weight is 325 g/mol. The zero-order valence-corrected chi connectivity index (χ0v) is 13.2. The second-order valence-electron chi connectivity index (χ2n) is 4.35. The number of carboxylic acid groups (broad SMARTS) is 1. The van der Waals surface area contributed by atoms with Crippen molar-refractivity contribution in [2.75, 3.05) is 11.9 Å². The van der Waals surface area contributed by atoms with Crippen LogP contribution in [0.15, 0.2) is 11.6 Å². The average Bonchev–Trinajstić information content (AvgIpc) is 2.99. The van der Waals surface area contributed by atoms with E-state index >= 15 is 0 Å². The Balaban J connectivity index is 1.93. The number of aromatic nitrogens is 1. The third-order valence-corrected chi connectivity index (χ3v) is 4.90. The van der Waals surface area contributed by atoms with Crippen molar-refractivity contribution < 1.29 is 14.7 Å². The summed E-state index contributed by atoms with van der Waals surface area (Å²) < 4.78 is 0. The first-order valence-corrected chi connectivity index (χ1v) is 7.95. The van der Waals surface area contributed by atoms with Gasteiger partial charge in [-0.15, -0.1) is 22.7 Å². The second-order valence-corrected chi connectivity index (χ2v) is 6.55. The number of carbonyl (C=O) groups is 2. The lowest BCUT2D eigenvalue weighted by Gasteiger charge is -2.06. The smallest absolute Gasteiger partial charge is 0.338 e. The molecule has 0 radical (unpaired) electrons. The van der Waals surface area contributed by atoms with Crippen molar-refractivity contribution in [3.05, 3.63) is 32.6 Å². The Labute approximate surface area is 129 Å². The molecule has 8 heteroatoms. The summed E-state index contributed by atoms with van der Waals surface area (Å²) in [6.45, 7) is 4.02. The van der Waals surface area contributed by atoms with E-state index in [0.29, 0.717) is 23.5 Å². The first-order valence-electron chi connectivity index (χ1n) is 6.25. The third kappa shape index (κ3) is 3.79. The number of aromatic carboxylic acids is 1. The van der Waals surface area contributed by atoms with Gasteiger partial charge in [0.25, 0.3) is 0 Å². The number of amides is 2. The van der Waals surface area contributed by atoms with Crippen LogP contribution in [0.2, 0.25) is 0 Å². The van der Waals surface area contributed by atoms with Crippen LogP contribution in [0.25, 0.3) is 0 Å². The van der Waals surface area contributed by atoms with Crippen molar-refractivity contribution >= 4 is 39.7 Å². The minimum absolute atomic E-state index is 0.160. The van der Waals surface area contributed by atoms with Crippen molar-refractivity contribution in [3.63, 3.8) is 0 Å². The summed E-state index contributed by atoms with van der Waals surface area (Å²) in [6, 6.07) is -0.407. The molecule has 0 saturated heterocycles. The fourth-order valence-corrected chi connectivity index (χ4v) is 3.45. The summed E-state index contributed by atoms with van der Waals surface area (Å²) in [5, 5.41) is 17.7. The minimum Gasteiger partial charge on any atom is -0.478 e. The molecule has 0 aliphatic heterocycles. The molecule has 6 nitrogen and oxygen atoms in total. The number of hydrogen-bond acceptors (Lipinski definition) is 5. The molecule has 0 aromatic carbocycles. The summed E-state index contributed by atoms with van der Waals surface area (Å²) in [5.74, 6) is -1.03. The summed E-state index contributed by atoms with van der Waals surface area (Å²) in [7, 11) is 0. The number of rotatable bonds is 5. The SMILES string of the molecule is Cc1sc(NC(=O)NCCc2nccs2)c(C(=O)O)c1C. The number of urea groups is 1. The van der Waals surface area contributed by atoms with Gasteiger partial charge in [-0.25, -0.2) is 14.6 Å². The van der Waals surface area contributed by atoms with Crippen molar-refractivity contribution in [3.8, 4) is 0 Å². The van der Waals surface area contributed by atoms with Gasteiger partial charge in [-0.1, -0.05) is 0 Å². The Morgan fingerprint density at radius 1 is 1.38 bits per heavy atom. The van der Waals surface area contributed by atoms with E-state index in [4.69, 9.17) is 0 Å². The maximum Gasteiger partial charge on any atom is 0.338 e. The molecule has 0 spiro atoms. The molecule has 2 rings (SSSR count). The summed E-state index contributed by atoms with van der Waals surface area (Å²) in [5.41, 5.74) is 0.846. The number of nitrogens with zero attached hydrogens (tertiary/aromatic N) is 1.